The number of carbonyl (C=O) groups excluding carboxylic acids is 2. The summed E-state index contributed by atoms with van der Waals surface area (Å²) in [6.07, 6.45) is 21.0. The summed E-state index contributed by atoms with van der Waals surface area (Å²) in [6.45, 7) is 4.37. The van der Waals surface area contributed by atoms with Gasteiger partial charge in [0.15, 0.2) is 0 Å². The fourth-order valence-electron chi connectivity index (χ4n) is 9.57. The Labute approximate surface area is 280 Å². The molecule has 0 radical (unpaired) electrons. The topological polar surface area (TPSA) is 83.4 Å². The number of amides is 2. The van der Waals surface area contributed by atoms with E-state index in [0.717, 1.165) is 69.4 Å². The van der Waals surface area contributed by atoms with Crippen LogP contribution < -0.4 is 5.32 Å². The van der Waals surface area contributed by atoms with Crippen LogP contribution in [0.3, 0.4) is 0 Å². The molecule has 2 unspecified atom stereocenters. The van der Waals surface area contributed by atoms with Crippen molar-refractivity contribution in [2.75, 3.05) is 26.2 Å². The van der Waals surface area contributed by atoms with Crippen molar-refractivity contribution in [3.8, 4) is 0 Å². The number of hydrogen-bond donors (Lipinski definition) is 1. The lowest BCUT2D eigenvalue weighted by Crippen LogP contribution is -2.59. The van der Waals surface area contributed by atoms with Crippen molar-refractivity contribution in [3.63, 3.8) is 0 Å². The Morgan fingerprint density at radius 3 is 2.35 bits per heavy atom. The molecule has 2 amide bonds. The average molecular weight is 649 g/mol. The molecule has 8 nitrogen and oxygen atoms in total. The van der Waals surface area contributed by atoms with E-state index in [-0.39, 0.29) is 23.3 Å². The van der Waals surface area contributed by atoms with E-state index in [1.165, 1.54) is 70.6 Å². The van der Waals surface area contributed by atoms with E-state index in [1.54, 1.807) is 6.33 Å². The van der Waals surface area contributed by atoms with Gasteiger partial charge in [-0.2, -0.15) is 5.10 Å². The van der Waals surface area contributed by atoms with Crippen LogP contribution in [0.2, 0.25) is 5.02 Å². The molecular weight excluding hydrogens is 596 g/mol. The molecule has 0 spiro atoms. The molecule has 3 saturated carbocycles. The number of rotatable bonds is 10. The van der Waals surface area contributed by atoms with Crippen LogP contribution in [0.5, 0.6) is 0 Å². The maximum absolute atomic E-state index is 14.4. The van der Waals surface area contributed by atoms with Gasteiger partial charge >= 0.3 is 0 Å². The molecule has 1 aromatic carbocycles. The number of nitrogens with zero attached hydrogens (tertiary/aromatic N) is 5. The minimum Gasteiger partial charge on any atom is -0.343 e. The molecule has 4 atom stereocenters. The molecule has 5 fully saturated rings. The lowest BCUT2D eigenvalue weighted by molar-refractivity contribution is -0.141. The van der Waals surface area contributed by atoms with Crippen molar-refractivity contribution in [3.05, 3.63) is 47.5 Å². The van der Waals surface area contributed by atoms with Crippen LogP contribution in [0.25, 0.3) is 0 Å². The Morgan fingerprint density at radius 1 is 0.935 bits per heavy atom. The van der Waals surface area contributed by atoms with Crippen molar-refractivity contribution < 1.29 is 9.59 Å². The lowest BCUT2D eigenvalue weighted by Gasteiger charge is -2.48. The van der Waals surface area contributed by atoms with E-state index in [4.69, 9.17) is 11.6 Å². The van der Waals surface area contributed by atoms with Crippen molar-refractivity contribution in [1.29, 1.82) is 0 Å². The van der Waals surface area contributed by atoms with Gasteiger partial charge in [0.2, 0.25) is 11.8 Å². The van der Waals surface area contributed by atoms with Gasteiger partial charge in [-0.15, -0.1) is 0 Å². The predicted octanol–water partition coefficient (Wildman–Crippen LogP) is 6.14. The number of benzene rings is 1. The summed E-state index contributed by atoms with van der Waals surface area (Å²) in [4.78, 5) is 37.4. The van der Waals surface area contributed by atoms with Gasteiger partial charge in [-0.05, 0) is 98.1 Å². The molecule has 46 heavy (non-hydrogen) atoms. The standard InChI is InChI=1S/C37H53ClN6O2/c38-32-14-12-27(13-15-32)20-33(41-35(45)34-21-29-6-4-5-7-30(29)23-43(34)22-28-10-11-28)36(46)42-18-16-37(17-19-42,24-44-26-39-25-40-44)31-8-2-1-3-9-31/h12-15,25-26,28-31,33-34H,1-11,16-24H2,(H,41,45)/t29?,30?,33-,34-/m1/s1. The van der Waals surface area contributed by atoms with Crippen LogP contribution in [-0.2, 0) is 22.6 Å². The third-order valence-corrected chi connectivity index (χ3v) is 12.7. The minimum atomic E-state index is -0.585. The van der Waals surface area contributed by atoms with Gasteiger partial charge in [0.25, 0.3) is 0 Å². The first-order chi connectivity index (χ1) is 22.5. The molecule has 1 aromatic heterocycles. The fraction of sp³-hybridized carbons (Fsp3) is 0.730. The quantitative estimate of drug-likeness (QED) is 0.335. The zero-order chi connectivity index (χ0) is 31.5. The number of halogens is 1. The Hall–Kier alpha value is -2.45. The molecular formula is C37H53ClN6O2. The second-order valence-corrected chi connectivity index (χ2v) is 15.9. The van der Waals surface area contributed by atoms with Crippen LogP contribution in [0.4, 0.5) is 0 Å². The zero-order valence-electron chi connectivity index (χ0n) is 27.5. The number of carbonyl (C=O) groups is 2. The van der Waals surface area contributed by atoms with Crippen LogP contribution in [0.15, 0.2) is 36.9 Å². The second kappa shape index (κ2) is 14.3. The monoisotopic (exact) mass is 648 g/mol. The highest BCUT2D eigenvalue weighted by atomic mass is 35.5. The molecule has 3 heterocycles. The number of nitrogens with one attached hydrogen (secondary N) is 1. The molecule has 5 aliphatic rings. The summed E-state index contributed by atoms with van der Waals surface area (Å²) >= 11 is 6.22. The third kappa shape index (κ3) is 7.48. The van der Waals surface area contributed by atoms with E-state index in [1.807, 2.05) is 40.2 Å². The van der Waals surface area contributed by atoms with Crippen molar-refractivity contribution >= 4 is 23.4 Å². The van der Waals surface area contributed by atoms with E-state index in [2.05, 4.69) is 20.3 Å². The molecule has 2 aromatic rings. The van der Waals surface area contributed by atoms with Crippen LogP contribution in [0.1, 0.15) is 95.5 Å². The van der Waals surface area contributed by atoms with E-state index in [9.17, 15) is 9.59 Å². The largest absolute Gasteiger partial charge is 0.343 e. The highest BCUT2D eigenvalue weighted by molar-refractivity contribution is 6.30. The van der Waals surface area contributed by atoms with Gasteiger partial charge in [-0.25, -0.2) is 4.98 Å². The van der Waals surface area contributed by atoms with Gasteiger partial charge < -0.3 is 10.2 Å². The molecule has 250 valence electrons. The molecule has 7 rings (SSSR count). The maximum Gasteiger partial charge on any atom is 0.245 e. The summed E-state index contributed by atoms with van der Waals surface area (Å²) in [5.74, 6) is 2.85. The van der Waals surface area contributed by atoms with Gasteiger partial charge in [0.1, 0.15) is 18.7 Å². The molecule has 2 saturated heterocycles. The zero-order valence-corrected chi connectivity index (χ0v) is 28.3. The summed E-state index contributed by atoms with van der Waals surface area (Å²) in [5, 5.41) is 8.52. The maximum atomic E-state index is 14.4. The minimum absolute atomic E-state index is 0.0525. The Morgan fingerprint density at radius 2 is 1.65 bits per heavy atom. The predicted molar refractivity (Wildman–Crippen MR) is 180 cm³/mol. The highest BCUT2D eigenvalue weighted by Gasteiger charge is 2.45. The smallest absolute Gasteiger partial charge is 0.245 e. The first-order valence-electron chi connectivity index (χ1n) is 18.4. The van der Waals surface area contributed by atoms with Gasteiger partial charge in [-0.1, -0.05) is 62.3 Å². The van der Waals surface area contributed by atoms with E-state index >= 15 is 0 Å². The first-order valence-corrected chi connectivity index (χ1v) is 18.7. The van der Waals surface area contributed by atoms with E-state index < -0.39 is 6.04 Å². The Balaban J connectivity index is 1.07. The number of hydrogen-bond acceptors (Lipinski definition) is 5. The summed E-state index contributed by atoms with van der Waals surface area (Å²) in [7, 11) is 0. The normalized spacial score (nSPS) is 27.9. The number of likely N-dealkylation sites (tertiary alicyclic amines) is 2. The first kappa shape index (κ1) is 32.1. The van der Waals surface area contributed by atoms with Gasteiger partial charge in [0.05, 0.1) is 6.04 Å². The highest BCUT2D eigenvalue weighted by Crippen LogP contribution is 2.47. The van der Waals surface area contributed by atoms with Gasteiger partial charge in [0, 0.05) is 44.2 Å². The van der Waals surface area contributed by atoms with E-state index in [0.29, 0.717) is 23.3 Å². The van der Waals surface area contributed by atoms with Crippen molar-refractivity contribution in [2.24, 2.45) is 29.1 Å². The molecule has 0 bridgehead atoms. The fourth-order valence-corrected chi connectivity index (χ4v) is 9.70. The molecule has 1 N–H and O–H groups in total. The molecule has 3 aliphatic carbocycles. The third-order valence-electron chi connectivity index (χ3n) is 12.4. The molecule has 9 heteroatoms. The number of piperidine rings is 2. The van der Waals surface area contributed by atoms with Crippen molar-refractivity contribution in [2.45, 2.75) is 115 Å². The van der Waals surface area contributed by atoms with Crippen LogP contribution in [-0.4, -0.2) is 74.6 Å². The summed E-state index contributed by atoms with van der Waals surface area (Å²) in [5.41, 5.74) is 1.15. The van der Waals surface area contributed by atoms with Crippen LogP contribution >= 0.6 is 11.6 Å². The van der Waals surface area contributed by atoms with Crippen molar-refractivity contribution in [1.82, 2.24) is 29.9 Å². The Bertz CT molecular complexity index is 1300. The average Bonchev–Trinajstić information content (AvgIpc) is 3.76. The Kier molecular flexibility index (Phi) is 10.0. The van der Waals surface area contributed by atoms with Gasteiger partial charge in [-0.3, -0.25) is 19.2 Å². The number of aromatic nitrogens is 3. The SMILES string of the molecule is O=C(N[C@H](Cc1ccc(Cl)cc1)C(=O)N1CCC(Cn2cncn2)(C2CCCCC2)CC1)[C@H]1CC2CCCCC2CN1CC1CC1. The lowest BCUT2D eigenvalue weighted by atomic mass is 9.63. The summed E-state index contributed by atoms with van der Waals surface area (Å²) < 4.78 is 2.00. The van der Waals surface area contributed by atoms with Crippen LogP contribution in [0, 0.1) is 29.1 Å². The number of fused-ring (bicyclic) bond motifs is 1. The second-order valence-electron chi connectivity index (χ2n) is 15.5. The molecule has 2 aliphatic heterocycles. The summed E-state index contributed by atoms with van der Waals surface area (Å²) in [6, 6.07) is 7.02.